The van der Waals surface area contributed by atoms with Gasteiger partial charge < -0.3 is 14.4 Å². The summed E-state index contributed by atoms with van der Waals surface area (Å²) in [6, 6.07) is 29.3. The lowest BCUT2D eigenvalue weighted by Gasteiger charge is -2.36. The molecule has 2 heterocycles. The lowest BCUT2D eigenvalue weighted by atomic mass is 10.2. The lowest BCUT2D eigenvalue weighted by Crippen LogP contribution is -2.47. The molecule has 0 spiro atoms. The number of nitrogens with zero attached hydrogens (tertiary/aromatic N) is 4. The van der Waals surface area contributed by atoms with Gasteiger partial charge in [0.05, 0.1) is 11.9 Å². The first-order valence-electron chi connectivity index (χ1n) is 13.0. The fraction of sp³-hybridized carbons (Fsp3) is 0.226. The van der Waals surface area contributed by atoms with Crippen LogP contribution in [-0.2, 0) is 0 Å². The molecule has 38 heavy (non-hydrogen) atoms. The molecule has 1 saturated heterocycles. The maximum atomic E-state index is 13.5. The predicted molar refractivity (Wildman–Crippen MR) is 151 cm³/mol. The molecule has 0 saturated carbocycles. The van der Waals surface area contributed by atoms with Crippen molar-refractivity contribution in [1.29, 1.82) is 0 Å². The molecule has 0 N–H and O–H groups in total. The highest BCUT2D eigenvalue weighted by molar-refractivity contribution is 5.57. The summed E-state index contributed by atoms with van der Waals surface area (Å²) >= 11 is 0. The van der Waals surface area contributed by atoms with Gasteiger partial charge in [0.15, 0.2) is 0 Å². The Bertz CT molecular complexity index is 1370. The first kappa shape index (κ1) is 25.3. The number of para-hydroxylation sites is 2. The van der Waals surface area contributed by atoms with Gasteiger partial charge in [-0.2, -0.15) is 9.78 Å². The van der Waals surface area contributed by atoms with Crippen LogP contribution in [-0.4, -0.2) is 60.6 Å². The van der Waals surface area contributed by atoms with Crippen LogP contribution in [0.3, 0.4) is 0 Å². The van der Waals surface area contributed by atoms with Crippen molar-refractivity contribution in [3.8, 4) is 17.2 Å². The van der Waals surface area contributed by atoms with Crippen molar-refractivity contribution in [2.75, 3.05) is 50.8 Å². The molecule has 7 nitrogen and oxygen atoms in total. The summed E-state index contributed by atoms with van der Waals surface area (Å²) < 4.78 is 13.2. The highest BCUT2D eigenvalue weighted by Gasteiger charge is 2.23. The molecule has 4 aromatic rings. The minimum atomic E-state index is -0.276. The Morgan fingerprint density at radius 1 is 0.763 bits per heavy atom. The molecular formula is C31H32N4O3. The lowest BCUT2D eigenvalue weighted by molar-refractivity contribution is 0.214. The summed E-state index contributed by atoms with van der Waals surface area (Å²) in [6.07, 6.45) is 6.10. The van der Waals surface area contributed by atoms with Gasteiger partial charge >= 0.3 is 5.56 Å². The van der Waals surface area contributed by atoms with E-state index < -0.39 is 0 Å². The second kappa shape index (κ2) is 12.7. The van der Waals surface area contributed by atoms with Gasteiger partial charge in [-0.3, -0.25) is 9.69 Å². The zero-order valence-corrected chi connectivity index (χ0v) is 21.4. The van der Waals surface area contributed by atoms with E-state index >= 15 is 0 Å². The molecule has 0 bridgehead atoms. The summed E-state index contributed by atoms with van der Waals surface area (Å²) in [5.74, 6) is 1.07. The maximum Gasteiger partial charge on any atom is 0.316 e. The van der Waals surface area contributed by atoms with Crippen LogP contribution in [0.4, 0.5) is 5.69 Å². The number of rotatable bonds is 10. The summed E-state index contributed by atoms with van der Waals surface area (Å²) in [6.45, 7) is 4.81. The summed E-state index contributed by atoms with van der Waals surface area (Å²) in [4.78, 5) is 18.1. The standard InChI is InChI=1S/C31H32N4O3/c36-31-30(38-24-23-37-28-16-8-3-9-17-28)29(25-32-35(31)27-14-6-2-7-15-27)34-21-19-33(20-22-34)18-10-13-26-11-4-1-5-12-26/h1-17,25H,18-24H2/b13-10+. The van der Waals surface area contributed by atoms with Gasteiger partial charge in [0.2, 0.25) is 5.75 Å². The summed E-state index contributed by atoms with van der Waals surface area (Å²) in [5.41, 5.74) is 2.35. The first-order valence-corrected chi connectivity index (χ1v) is 13.0. The largest absolute Gasteiger partial charge is 0.490 e. The van der Waals surface area contributed by atoms with Crippen molar-refractivity contribution in [3.63, 3.8) is 0 Å². The highest BCUT2D eigenvalue weighted by atomic mass is 16.5. The van der Waals surface area contributed by atoms with Gasteiger partial charge in [-0.05, 0) is 29.8 Å². The Morgan fingerprint density at radius 2 is 1.39 bits per heavy atom. The van der Waals surface area contributed by atoms with Gasteiger partial charge in [-0.15, -0.1) is 0 Å². The Hall–Kier alpha value is -4.36. The van der Waals surface area contributed by atoms with Crippen LogP contribution in [0.5, 0.6) is 11.5 Å². The van der Waals surface area contributed by atoms with Crippen LogP contribution in [0.1, 0.15) is 5.56 Å². The molecular weight excluding hydrogens is 476 g/mol. The van der Waals surface area contributed by atoms with Gasteiger partial charge in [0.1, 0.15) is 24.7 Å². The van der Waals surface area contributed by atoms with Crippen LogP contribution in [0.2, 0.25) is 0 Å². The van der Waals surface area contributed by atoms with Crippen LogP contribution < -0.4 is 19.9 Å². The Kier molecular flexibility index (Phi) is 8.48. The molecule has 3 aromatic carbocycles. The third-order valence-corrected chi connectivity index (χ3v) is 6.44. The van der Waals surface area contributed by atoms with Crippen molar-refractivity contribution in [3.05, 3.63) is 119 Å². The normalized spacial score (nSPS) is 14.1. The van der Waals surface area contributed by atoms with Gasteiger partial charge in [0.25, 0.3) is 0 Å². The molecule has 1 fully saturated rings. The monoisotopic (exact) mass is 508 g/mol. The number of aromatic nitrogens is 2. The quantitative estimate of drug-likeness (QED) is 0.294. The summed E-state index contributed by atoms with van der Waals surface area (Å²) in [7, 11) is 0. The number of anilines is 1. The van der Waals surface area contributed by atoms with E-state index in [0.29, 0.717) is 18.0 Å². The number of hydrogen-bond donors (Lipinski definition) is 0. The van der Waals surface area contributed by atoms with Crippen molar-refractivity contribution in [2.45, 2.75) is 0 Å². The average molecular weight is 509 g/mol. The number of benzene rings is 3. The molecule has 0 aliphatic carbocycles. The van der Waals surface area contributed by atoms with Gasteiger partial charge in [-0.1, -0.05) is 78.9 Å². The molecule has 0 atom stereocenters. The van der Waals surface area contributed by atoms with E-state index in [9.17, 15) is 4.79 Å². The molecule has 194 valence electrons. The van der Waals surface area contributed by atoms with E-state index in [4.69, 9.17) is 9.47 Å². The van der Waals surface area contributed by atoms with E-state index in [1.54, 1.807) is 6.20 Å². The van der Waals surface area contributed by atoms with Crippen molar-refractivity contribution in [1.82, 2.24) is 14.7 Å². The van der Waals surface area contributed by atoms with Crippen LogP contribution in [0.15, 0.2) is 108 Å². The molecule has 1 aliphatic rings. The molecule has 5 rings (SSSR count). The van der Waals surface area contributed by atoms with E-state index in [1.807, 2.05) is 78.9 Å². The molecule has 0 radical (unpaired) electrons. The minimum absolute atomic E-state index is 0.250. The number of hydrogen-bond acceptors (Lipinski definition) is 6. The topological polar surface area (TPSA) is 59.8 Å². The molecule has 0 amide bonds. The van der Waals surface area contributed by atoms with Crippen molar-refractivity contribution >= 4 is 11.8 Å². The van der Waals surface area contributed by atoms with Crippen LogP contribution in [0.25, 0.3) is 11.8 Å². The van der Waals surface area contributed by atoms with Crippen molar-refractivity contribution < 1.29 is 9.47 Å². The Labute approximate surface area is 223 Å². The summed E-state index contributed by atoms with van der Waals surface area (Å²) in [5, 5.41) is 4.49. The maximum absolute atomic E-state index is 13.5. The third-order valence-electron chi connectivity index (χ3n) is 6.44. The average Bonchev–Trinajstić information content (AvgIpc) is 2.98. The zero-order chi connectivity index (χ0) is 26.0. The first-order chi connectivity index (χ1) is 18.8. The van der Waals surface area contributed by atoms with E-state index in [-0.39, 0.29) is 12.2 Å². The van der Waals surface area contributed by atoms with Crippen LogP contribution >= 0.6 is 0 Å². The van der Waals surface area contributed by atoms with E-state index in [0.717, 1.165) is 44.2 Å². The second-order valence-electron chi connectivity index (χ2n) is 9.02. The number of ether oxygens (including phenoxy) is 2. The van der Waals surface area contributed by atoms with Gasteiger partial charge in [-0.25, -0.2) is 0 Å². The van der Waals surface area contributed by atoms with Crippen LogP contribution in [0, 0.1) is 0 Å². The van der Waals surface area contributed by atoms with Gasteiger partial charge in [0, 0.05) is 32.7 Å². The predicted octanol–water partition coefficient (Wildman–Crippen LogP) is 4.53. The molecule has 0 unspecified atom stereocenters. The smallest absolute Gasteiger partial charge is 0.316 e. The molecule has 7 heteroatoms. The van der Waals surface area contributed by atoms with E-state index in [2.05, 4.69) is 39.2 Å². The highest BCUT2D eigenvalue weighted by Crippen LogP contribution is 2.25. The Balaban J connectivity index is 1.27. The zero-order valence-electron chi connectivity index (χ0n) is 21.4. The Morgan fingerprint density at radius 3 is 2.11 bits per heavy atom. The minimum Gasteiger partial charge on any atom is -0.490 e. The SMILES string of the molecule is O=c1c(OCCOc2ccccc2)c(N2CCN(C/C=C/c3ccccc3)CC2)cnn1-c1ccccc1. The third kappa shape index (κ3) is 6.49. The molecule has 1 aliphatic heterocycles. The van der Waals surface area contributed by atoms with E-state index in [1.165, 1.54) is 10.2 Å². The number of piperazine rings is 1. The molecule has 1 aromatic heterocycles. The van der Waals surface area contributed by atoms with Crippen molar-refractivity contribution in [2.24, 2.45) is 0 Å². The fourth-order valence-electron chi connectivity index (χ4n) is 4.44. The second-order valence-corrected chi connectivity index (χ2v) is 9.02. The fourth-order valence-corrected chi connectivity index (χ4v) is 4.44.